The van der Waals surface area contributed by atoms with E-state index in [2.05, 4.69) is 43.0 Å². The van der Waals surface area contributed by atoms with Crippen LogP contribution in [0.2, 0.25) is 0 Å². The lowest BCUT2D eigenvalue weighted by Crippen LogP contribution is -2.29. The number of nitrogens with zero attached hydrogens (tertiary/aromatic N) is 2. The van der Waals surface area contributed by atoms with Crippen molar-refractivity contribution in [1.29, 1.82) is 0 Å². The third-order valence-corrected chi connectivity index (χ3v) is 4.46. The molecule has 1 aromatic rings. The monoisotopic (exact) mass is 291 g/mol. The average molecular weight is 291 g/mol. The van der Waals surface area contributed by atoms with Gasteiger partial charge in [0.15, 0.2) is 0 Å². The lowest BCUT2D eigenvalue weighted by molar-refractivity contribution is 0.0962. The summed E-state index contributed by atoms with van der Waals surface area (Å²) in [5.74, 6) is 4.00. The average Bonchev–Trinajstić information content (AvgIpc) is 2.48. The molecule has 4 heteroatoms. The molecule has 0 aromatic carbocycles. The van der Waals surface area contributed by atoms with Gasteiger partial charge in [0, 0.05) is 19.0 Å². The maximum atomic E-state index is 6.15. The topological polar surface area (TPSA) is 47.0 Å². The second kappa shape index (κ2) is 7.62. The Labute approximate surface area is 128 Å². The minimum atomic E-state index is 0.301. The van der Waals surface area contributed by atoms with Gasteiger partial charge in [-0.2, -0.15) is 4.98 Å². The van der Waals surface area contributed by atoms with Gasteiger partial charge in [0.05, 0.1) is 0 Å². The van der Waals surface area contributed by atoms with Crippen LogP contribution >= 0.6 is 0 Å². The number of aryl methyl sites for hydroxylation is 1. The third-order valence-electron chi connectivity index (χ3n) is 4.46. The molecule has 3 unspecified atom stereocenters. The third kappa shape index (κ3) is 4.58. The highest BCUT2D eigenvalue weighted by Crippen LogP contribution is 2.31. The number of hydrogen-bond acceptors (Lipinski definition) is 4. The van der Waals surface area contributed by atoms with E-state index in [1.54, 1.807) is 0 Å². The predicted octanol–water partition coefficient (Wildman–Crippen LogP) is 4.06. The van der Waals surface area contributed by atoms with Crippen molar-refractivity contribution in [2.75, 3.05) is 11.9 Å². The van der Waals surface area contributed by atoms with E-state index in [1.165, 1.54) is 6.42 Å². The van der Waals surface area contributed by atoms with Crippen LogP contribution in [0.1, 0.15) is 59.2 Å². The summed E-state index contributed by atoms with van der Waals surface area (Å²) in [5.41, 5.74) is 0. The first kappa shape index (κ1) is 16.1. The summed E-state index contributed by atoms with van der Waals surface area (Å²) in [5, 5.41) is 3.33. The first-order valence-corrected chi connectivity index (χ1v) is 8.40. The van der Waals surface area contributed by atoms with Crippen LogP contribution in [-0.2, 0) is 6.42 Å². The molecule has 1 heterocycles. The largest absolute Gasteiger partial charge is 0.474 e. The van der Waals surface area contributed by atoms with Crippen LogP contribution in [0.3, 0.4) is 0 Å². The molecule has 4 nitrogen and oxygen atoms in total. The Morgan fingerprint density at radius 2 is 2.00 bits per heavy atom. The highest BCUT2D eigenvalue weighted by atomic mass is 16.5. The van der Waals surface area contributed by atoms with Gasteiger partial charge in [-0.1, -0.05) is 27.7 Å². The van der Waals surface area contributed by atoms with Gasteiger partial charge in [-0.25, -0.2) is 4.98 Å². The fourth-order valence-corrected chi connectivity index (χ4v) is 2.81. The van der Waals surface area contributed by atoms with Crippen molar-refractivity contribution >= 4 is 5.82 Å². The minimum absolute atomic E-state index is 0.301. The molecular formula is C17H29N3O. The smallest absolute Gasteiger partial charge is 0.218 e. The van der Waals surface area contributed by atoms with Crippen LogP contribution in [0.5, 0.6) is 5.88 Å². The van der Waals surface area contributed by atoms with Gasteiger partial charge in [-0.15, -0.1) is 0 Å². The van der Waals surface area contributed by atoms with Gasteiger partial charge < -0.3 is 10.1 Å². The molecule has 2 rings (SSSR count). The molecular weight excluding hydrogens is 262 g/mol. The summed E-state index contributed by atoms with van der Waals surface area (Å²) >= 11 is 0. The first-order chi connectivity index (χ1) is 10.1. The van der Waals surface area contributed by atoms with Gasteiger partial charge in [-0.05, 0) is 37.5 Å². The van der Waals surface area contributed by atoms with E-state index in [-0.39, 0.29) is 0 Å². The molecule has 1 fully saturated rings. The maximum absolute atomic E-state index is 6.15. The van der Waals surface area contributed by atoms with Crippen LogP contribution < -0.4 is 10.1 Å². The molecule has 3 atom stereocenters. The Morgan fingerprint density at radius 3 is 2.67 bits per heavy atom. The highest BCUT2D eigenvalue weighted by molar-refractivity contribution is 5.38. The van der Waals surface area contributed by atoms with E-state index < -0.39 is 0 Å². The van der Waals surface area contributed by atoms with E-state index in [1.807, 2.05) is 6.07 Å². The van der Waals surface area contributed by atoms with Crippen molar-refractivity contribution in [1.82, 2.24) is 9.97 Å². The van der Waals surface area contributed by atoms with Gasteiger partial charge in [0.1, 0.15) is 17.7 Å². The van der Waals surface area contributed by atoms with Crippen molar-refractivity contribution in [3.8, 4) is 5.88 Å². The van der Waals surface area contributed by atoms with Crippen LogP contribution in [0.25, 0.3) is 0 Å². The lowest BCUT2D eigenvalue weighted by Gasteiger charge is -2.32. The lowest BCUT2D eigenvalue weighted by atomic mass is 9.80. The molecule has 1 aliphatic rings. The molecule has 0 spiro atoms. The number of ether oxygens (including phenoxy) is 1. The normalized spacial score (nSPS) is 25.6. The molecule has 0 amide bonds. The number of nitrogens with one attached hydrogen (secondary N) is 1. The number of aromatic nitrogens is 2. The van der Waals surface area contributed by atoms with E-state index in [4.69, 9.17) is 4.74 Å². The Kier molecular flexibility index (Phi) is 5.83. The molecule has 0 aliphatic heterocycles. The molecule has 0 bridgehead atoms. The van der Waals surface area contributed by atoms with Crippen LogP contribution in [0, 0.1) is 11.8 Å². The van der Waals surface area contributed by atoms with Crippen molar-refractivity contribution in [2.24, 2.45) is 11.8 Å². The molecule has 21 heavy (non-hydrogen) atoms. The van der Waals surface area contributed by atoms with Crippen molar-refractivity contribution in [3.63, 3.8) is 0 Å². The zero-order chi connectivity index (χ0) is 15.2. The first-order valence-electron chi connectivity index (χ1n) is 8.40. The van der Waals surface area contributed by atoms with Crippen LogP contribution in [0.4, 0.5) is 5.82 Å². The molecule has 1 saturated carbocycles. The summed E-state index contributed by atoms with van der Waals surface area (Å²) in [7, 11) is 0. The maximum Gasteiger partial charge on any atom is 0.218 e. The summed E-state index contributed by atoms with van der Waals surface area (Å²) in [4.78, 5) is 9.03. The molecule has 1 N–H and O–H groups in total. The predicted molar refractivity (Wildman–Crippen MR) is 86.8 cm³/mol. The van der Waals surface area contributed by atoms with E-state index in [0.717, 1.165) is 61.6 Å². The zero-order valence-electron chi connectivity index (χ0n) is 13.9. The van der Waals surface area contributed by atoms with E-state index in [9.17, 15) is 0 Å². The van der Waals surface area contributed by atoms with E-state index >= 15 is 0 Å². The Balaban J connectivity index is 2.04. The van der Waals surface area contributed by atoms with Gasteiger partial charge in [-0.3, -0.25) is 0 Å². The molecule has 1 aromatic heterocycles. The molecule has 1 aliphatic carbocycles. The second-order valence-electron chi connectivity index (χ2n) is 6.30. The number of hydrogen-bond donors (Lipinski definition) is 1. The molecule has 0 radical (unpaired) electrons. The minimum Gasteiger partial charge on any atom is -0.474 e. The Bertz CT molecular complexity index is 450. The summed E-state index contributed by atoms with van der Waals surface area (Å²) in [6, 6.07) is 1.94. The van der Waals surface area contributed by atoms with Gasteiger partial charge in [0.2, 0.25) is 5.88 Å². The van der Waals surface area contributed by atoms with E-state index in [0.29, 0.717) is 6.10 Å². The Hall–Kier alpha value is -1.32. The summed E-state index contributed by atoms with van der Waals surface area (Å²) < 4.78 is 6.15. The van der Waals surface area contributed by atoms with Crippen LogP contribution in [0.15, 0.2) is 6.07 Å². The quantitative estimate of drug-likeness (QED) is 0.858. The van der Waals surface area contributed by atoms with Crippen molar-refractivity contribution in [3.05, 3.63) is 11.9 Å². The second-order valence-corrected chi connectivity index (χ2v) is 6.30. The fraction of sp³-hybridized carbons (Fsp3) is 0.765. The van der Waals surface area contributed by atoms with Crippen LogP contribution in [-0.4, -0.2) is 22.6 Å². The van der Waals surface area contributed by atoms with Crippen molar-refractivity contribution in [2.45, 2.75) is 65.9 Å². The SMILES string of the molecule is CCCNc1cc(OC2CCC(C)C(C)C2)nc(CC)n1. The number of anilines is 1. The van der Waals surface area contributed by atoms with Gasteiger partial charge >= 0.3 is 0 Å². The standard InChI is InChI=1S/C17H29N3O/c1-5-9-18-16-11-17(20-15(6-2)19-16)21-14-8-7-12(3)13(4)10-14/h11-14H,5-10H2,1-4H3,(H,18,19,20). The highest BCUT2D eigenvalue weighted by Gasteiger charge is 2.26. The summed E-state index contributed by atoms with van der Waals surface area (Å²) in [6.07, 6.45) is 5.72. The molecule has 118 valence electrons. The zero-order valence-corrected chi connectivity index (χ0v) is 13.9. The Morgan fingerprint density at radius 1 is 1.19 bits per heavy atom. The van der Waals surface area contributed by atoms with Crippen molar-refractivity contribution < 1.29 is 4.74 Å². The summed E-state index contributed by atoms with van der Waals surface area (Å²) in [6.45, 7) is 9.82. The fourth-order valence-electron chi connectivity index (χ4n) is 2.81. The number of rotatable bonds is 6. The molecule has 0 saturated heterocycles. The van der Waals surface area contributed by atoms with Gasteiger partial charge in [0.25, 0.3) is 0 Å².